The van der Waals surface area contributed by atoms with Gasteiger partial charge in [0.15, 0.2) is 0 Å². The Kier molecular flexibility index (Phi) is 6.95. The molecule has 1 aromatic carbocycles. The van der Waals surface area contributed by atoms with Gasteiger partial charge >= 0.3 is 6.18 Å². The van der Waals surface area contributed by atoms with E-state index < -0.39 is 54.3 Å². The number of alkyl halides is 5. The molecule has 1 N–H and O–H groups in total. The van der Waals surface area contributed by atoms with E-state index in [0.717, 1.165) is 16.2 Å². The number of carbonyl (C=O) groups is 1. The molecule has 1 saturated heterocycles. The normalized spacial score (nSPS) is 19.8. The van der Waals surface area contributed by atoms with Crippen molar-refractivity contribution in [3.05, 3.63) is 58.7 Å². The Hall–Kier alpha value is -3.22. The van der Waals surface area contributed by atoms with Gasteiger partial charge in [0.2, 0.25) is 5.95 Å². The Labute approximate surface area is 206 Å². The molecular weight excluding hydrogens is 508 g/mol. The van der Waals surface area contributed by atoms with Gasteiger partial charge in [-0.1, -0.05) is 19.1 Å². The molecule has 13 heteroatoms. The van der Waals surface area contributed by atoms with Crippen molar-refractivity contribution in [1.82, 2.24) is 19.9 Å². The van der Waals surface area contributed by atoms with Crippen molar-refractivity contribution < 1.29 is 31.1 Å². The highest BCUT2D eigenvalue weighted by Gasteiger charge is 2.47. The van der Waals surface area contributed by atoms with E-state index in [9.17, 15) is 31.1 Å². The summed E-state index contributed by atoms with van der Waals surface area (Å²) in [5.41, 5.74) is -0.698. The van der Waals surface area contributed by atoms with Gasteiger partial charge in [0, 0.05) is 25.4 Å². The number of halogens is 6. The van der Waals surface area contributed by atoms with E-state index in [1.165, 1.54) is 18.2 Å². The zero-order chi connectivity index (χ0) is 26.3. The monoisotopic (exact) mass is 529 g/mol. The van der Waals surface area contributed by atoms with Crippen LogP contribution in [0.5, 0.6) is 0 Å². The van der Waals surface area contributed by atoms with E-state index >= 15 is 0 Å². The second-order valence-corrected chi connectivity index (χ2v) is 9.84. The van der Waals surface area contributed by atoms with E-state index in [2.05, 4.69) is 20.3 Å². The highest BCUT2D eigenvalue weighted by molar-refractivity contribution is 7.15. The molecule has 2 atom stereocenters. The summed E-state index contributed by atoms with van der Waals surface area (Å²) in [6, 6.07) is 4.79. The first-order chi connectivity index (χ1) is 16.8. The molecule has 36 heavy (non-hydrogen) atoms. The quantitative estimate of drug-likeness (QED) is 0.432. The van der Waals surface area contributed by atoms with E-state index in [1.54, 1.807) is 19.9 Å². The predicted molar refractivity (Wildman–Crippen MR) is 121 cm³/mol. The minimum absolute atomic E-state index is 0.0659. The lowest BCUT2D eigenvalue weighted by Crippen LogP contribution is -2.57. The van der Waals surface area contributed by atoms with Gasteiger partial charge in [-0.3, -0.25) is 4.79 Å². The number of anilines is 1. The molecule has 0 aliphatic carbocycles. The number of piperidine rings is 1. The molecule has 1 aliphatic heterocycles. The molecule has 1 unspecified atom stereocenters. The number of hydrogen-bond acceptors (Lipinski definition) is 6. The van der Waals surface area contributed by atoms with Crippen LogP contribution in [-0.4, -0.2) is 50.8 Å². The van der Waals surface area contributed by atoms with Gasteiger partial charge in [-0.2, -0.15) is 13.2 Å². The Morgan fingerprint density at radius 1 is 1.25 bits per heavy atom. The van der Waals surface area contributed by atoms with Gasteiger partial charge < -0.3 is 10.2 Å². The molecule has 192 valence electrons. The number of amides is 1. The summed E-state index contributed by atoms with van der Waals surface area (Å²) < 4.78 is 81.2. The SMILES string of the molecule is Cc1nc(C(=O)N2CC(F)(F)C[C@@H](C)C2CNc2ncc(C(F)(F)F)cn2)c(-c2cccc(F)c2)s1. The summed E-state index contributed by atoms with van der Waals surface area (Å²) in [7, 11) is 0. The Balaban J connectivity index is 1.61. The molecule has 0 spiro atoms. The van der Waals surface area contributed by atoms with Gasteiger partial charge in [-0.15, -0.1) is 11.3 Å². The number of nitrogens with one attached hydrogen (secondary N) is 1. The van der Waals surface area contributed by atoms with Crippen molar-refractivity contribution in [3.63, 3.8) is 0 Å². The zero-order valence-corrected chi connectivity index (χ0v) is 19.9. The third kappa shape index (κ3) is 5.61. The standard InChI is InChI=1S/C23H21F6N5OS/c1-12-7-22(25,26)11-34(17(12)10-32-21-30-8-15(9-31-21)23(27,28)29)20(35)18-19(36-13(2)33-18)14-4-3-5-16(24)6-14/h3-6,8-9,12,17H,7,10-11H2,1-2H3,(H,30,31,32)/t12-,17?/m1/s1. The summed E-state index contributed by atoms with van der Waals surface area (Å²) in [4.78, 5) is 26.5. The average molecular weight is 530 g/mol. The number of thiazole rings is 1. The number of carbonyl (C=O) groups excluding carboxylic acids is 1. The lowest BCUT2D eigenvalue weighted by Gasteiger charge is -2.43. The maximum Gasteiger partial charge on any atom is 0.419 e. The van der Waals surface area contributed by atoms with Crippen LogP contribution in [0.4, 0.5) is 32.3 Å². The average Bonchev–Trinajstić information content (AvgIpc) is 3.18. The number of benzene rings is 1. The van der Waals surface area contributed by atoms with Crippen LogP contribution in [-0.2, 0) is 6.18 Å². The van der Waals surface area contributed by atoms with E-state index in [-0.39, 0.29) is 18.2 Å². The summed E-state index contributed by atoms with van der Waals surface area (Å²) in [6.07, 6.45) is -3.86. The Bertz CT molecular complexity index is 1250. The van der Waals surface area contributed by atoms with E-state index in [1.807, 2.05) is 0 Å². The molecule has 3 heterocycles. The number of likely N-dealkylation sites (tertiary alicyclic amines) is 1. The van der Waals surface area contributed by atoms with Gasteiger partial charge in [-0.25, -0.2) is 28.1 Å². The van der Waals surface area contributed by atoms with Gasteiger partial charge in [0.1, 0.15) is 11.5 Å². The molecule has 1 amide bonds. The first-order valence-corrected chi connectivity index (χ1v) is 11.7. The topological polar surface area (TPSA) is 71.0 Å². The van der Waals surface area contributed by atoms with E-state index in [0.29, 0.717) is 27.8 Å². The molecule has 4 rings (SSSR count). The first-order valence-electron chi connectivity index (χ1n) is 10.9. The molecular formula is C23H21F6N5OS. The lowest BCUT2D eigenvalue weighted by atomic mass is 9.88. The second-order valence-electron chi connectivity index (χ2n) is 8.63. The summed E-state index contributed by atoms with van der Waals surface area (Å²) in [6.45, 7) is 2.27. The fourth-order valence-electron chi connectivity index (χ4n) is 4.17. The predicted octanol–water partition coefficient (Wildman–Crippen LogP) is 5.66. The van der Waals surface area contributed by atoms with Crippen LogP contribution in [0, 0.1) is 18.7 Å². The van der Waals surface area contributed by atoms with Crippen LogP contribution in [0.1, 0.15) is 34.4 Å². The second kappa shape index (κ2) is 9.68. The molecule has 0 radical (unpaired) electrons. The van der Waals surface area contributed by atoms with Crippen molar-refractivity contribution in [3.8, 4) is 10.4 Å². The lowest BCUT2D eigenvalue weighted by molar-refractivity contribution is -0.138. The van der Waals surface area contributed by atoms with Crippen LogP contribution in [0.15, 0.2) is 36.7 Å². The highest BCUT2D eigenvalue weighted by atomic mass is 32.1. The zero-order valence-electron chi connectivity index (χ0n) is 19.1. The summed E-state index contributed by atoms with van der Waals surface area (Å²) >= 11 is 1.14. The molecule has 2 aromatic heterocycles. The fraction of sp³-hybridized carbons (Fsp3) is 0.391. The molecule has 1 aliphatic rings. The van der Waals surface area contributed by atoms with Crippen LogP contribution in [0.2, 0.25) is 0 Å². The number of nitrogens with zero attached hydrogens (tertiary/aromatic N) is 4. The van der Waals surface area contributed by atoms with Crippen molar-refractivity contribution >= 4 is 23.2 Å². The Morgan fingerprint density at radius 2 is 1.94 bits per heavy atom. The highest BCUT2D eigenvalue weighted by Crippen LogP contribution is 2.38. The summed E-state index contributed by atoms with van der Waals surface area (Å²) in [5, 5.41) is 3.25. The molecule has 0 saturated carbocycles. The third-order valence-electron chi connectivity index (χ3n) is 5.81. The van der Waals surface area contributed by atoms with Crippen molar-refractivity contribution in [2.75, 3.05) is 18.4 Å². The van der Waals surface area contributed by atoms with Crippen LogP contribution < -0.4 is 5.32 Å². The van der Waals surface area contributed by atoms with Gasteiger partial charge in [0.05, 0.1) is 28.0 Å². The van der Waals surface area contributed by atoms with Crippen molar-refractivity contribution in [2.45, 2.75) is 38.4 Å². The van der Waals surface area contributed by atoms with Gasteiger partial charge in [-0.05, 0) is 30.5 Å². The molecule has 0 bridgehead atoms. The third-order valence-corrected chi connectivity index (χ3v) is 6.83. The largest absolute Gasteiger partial charge is 0.419 e. The Morgan fingerprint density at radius 3 is 2.58 bits per heavy atom. The maximum atomic E-state index is 14.5. The summed E-state index contributed by atoms with van der Waals surface area (Å²) in [5.74, 6) is -5.22. The van der Waals surface area contributed by atoms with Crippen LogP contribution >= 0.6 is 11.3 Å². The van der Waals surface area contributed by atoms with Crippen molar-refractivity contribution in [1.29, 1.82) is 0 Å². The molecule has 6 nitrogen and oxygen atoms in total. The number of hydrogen-bond donors (Lipinski definition) is 1. The van der Waals surface area contributed by atoms with E-state index in [4.69, 9.17) is 0 Å². The first kappa shape index (κ1) is 25.9. The maximum absolute atomic E-state index is 14.5. The van der Waals surface area contributed by atoms with Crippen molar-refractivity contribution in [2.24, 2.45) is 5.92 Å². The van der Waals surface area contributed by atoms with Crippen LogP contribution in [0.3, 0.4) is 0 Å². The fourth-order valence-corrected chi connectivity index (χ4v) is 5.08. The number of aromatic nitrogens is 3. The number of rotatable bonds is 5. The van der Waals surface area contributed by atoms with Crippen LogP contribution in [0.25, 0.3) is 10.4 Å². The smallest absolute Gasteiger partial charge is 0.352 e. The minimum Gasteiger partial charge on any atom is -0.352 e. The van der Waals surface area contributed by atoms with Gasteiger partial charge in [0.25, 0.3) is 11.8 Å². The minimum atomic E-state index is -4.60. The molecule has 3 aromatic rings. The molecule has 1 fully saturated rings. The number of aryl methyl sites for hydroxylation is 1.